The number of methoxy groups -OCH3 is 2. The van der Waals surface area contributed by atoms with E-state index in [9.17, 15) is 14.4 Å². The van der Waals surface area contributed by atoms with Gasteiger partial charge in [0.25, 0.3) is 0 Å². The van der Waals surface area contributed by atoms with Crippen LogP contribution in [0, 0.1) is 5.92 Å². The Morgan fingerprint density at radius 2 is 1.87 bits per heavy atom. The number of fused-ring (bicyclic) bond motifs is 1. The third-order valence-electron chi connectivity index (χ3n) is 7.25. The van der Waals surface area contributed by atoms with Crippen LogP contribution in [-0.2, 0) is 32.0 Å². The predicted octanol–water partition coefficient (Wildman–Crippen LogP) is 4.91. The second kappa shape index (κ2) is 11.7. The van der Waals surface area contributed by atoms with Gasteiger partial charge >= 0.3 is 11.9 Å². The van der Waals surface area contributed by atoms with Gasteiger partial charge in [-0.05, 0) is 60.7 Å². The molecule has 1 saturated heterocycles. The first-order valence-electron chi connectivity index (χ1n) is 13.1. The molecule has 8 nitrogen and oxygen atoms in total. The summed E-state index contributed by atoms with van der Waals surface area (Å²) in [7, 11) is 2.94. The molecule has 0 spiro atoms. The minimum atomic E-state index is -0.641. The first-order valence-corrected chi connectivity index (χ1v) is 13.1. The fraction of sp³-hybridized carbons (Fsp3) is 0.433. The van der Waals surface area contributed by atoms with Gasteiger partial charge in [0.15, 0.2) is 0 Å². The average Bonchev–Trinajstić information content (AvgIpc) is 3.46. The van der Waals surface area contributed by atoms with E-state index in [1.54, 1.807) is 19.2 Å². The molecule has 38 heavy (non-hydrogen) atoms. The van der Waals surface area contributed by atoms with Gasteiger partial charge in [0.05, 0.1) is 25.7 Å². The zero-order chi connectivity index (χ0) is 27.4. The van der Waals surface area contributed by atoms with Crippen LogP contribution in [0.5, 0.6) is 5.75 Å². The van der Waals surface area contributed by atoms with E-state index in [4.69, 9.17) is 14.2 Å². The van der Waals surface area contributed by atoms with Crippen molar-refractivity contribution in [3.63, 3.8) is 0 Å². The van der Waals surface area contributed by atoms with E-state index in [-0.39, 0.29) is 5.91 Å². The number of carbonyl (C=O) groups excluding carboxylic acids is 3. The van der Waals surface area contributed by atoms with Crippen LogP contribution in [0.2, 0.25) is 0 Å². The molecular formula is C30H36N2O6. The Balaban J connectivity index is 1.77. The molecule has 0 saturated carbocycles. The van der Waals surface area contributed by atoms with Crippen LogP contribution >= 0.6 is 0 Å². The smallest absolute Gasteiger partial charge is 0.337 e. The van der Waals surface area contributed by atoms with E-state index in [0.717, 1.165) is 40.6 Å². The second-order valence-electron chi connectivity index (χ2n) is 9.66. The molecule has 2 atom stereocenters. The molecule has 1 fully saturated rings. The number of nitrogens with zero attached hydrogens (tertiary/aromatic N) is 2. The van der Waals surface area contributed by atoms with E-state index < -0.39 is 24.0 Å². The number of aryl methyl sites for hydroxylation is 1. The summed E-state index contributed by atoms with van der Waals surface area (Å²) in [5.74, 6) is -0.591. The zero-order valence-electron chi connectivity index (χ0n) is 22.8. The van der Waals surface area contributed by atoms with Crippen LogP contribution in [-0.4, -0.2) is 54.6 Å². The van der Waals surface area contributed by atoms with Gasteiger partial charge in [-0.15, -0.1) is 0 Å². The van der Waals surface area contributed by atoms with Crippen molar-refractivity contribution in [3.05, 3.63) is 64.8 Å². The summed E-state index contributed by atoms with van der Waals surface area (Å²) in [6.45, 7) is 7.64. The van der Waals surface area contributed by atoms with E-state index in [0.29, 0.717) is 37.2 Å². The van der Waals surface area contributed by atoms with Crippen LogP contribution in [0.4, 0.5) is 0 Å². The lowest BCUT2D eigenvalue weighted by Gasteiger charge is -2.23. The SMILES string of the molecule is CCCn1cc(Cc2ccc(C(=O)OC)cc2OC)c2cc(C(OC(C)=O)C3CCN(CC)C3=O)ccc21. The van der Waals surface area contributed by atoms with Gasteiger partial charge in [-0.25, -0.2) is 4.79 Å². The number of amides is 1. The topological polar surface area (TPSA) is 87.1 Å². The van der Waals surface area contributed by atoms with E-state index in [2.05, 4.69) is 29.8 Å². The minimum Gasteiger partial charge on any atom is -0.496 e. The highest BCUT2D eigenvalue weighted by molar-refractivity contribution is 5.90. The molecule has 3 aromatic rings. The van der Waals surface area contributed by atoms with Gasteiger partial charge in [-0.1, -0.05) is 19.1 Å². The van der Waals surface area contributed by atoms with Crippen molar-refractivity contribution >= 4 is 28.7 Å². The molecule has 2 heterocycles. The maximum Gasteiger partial charge on any atom is 0.337 e. The largest absolute Gasteiger partial charge is 0.496 e. The fourth-order valence-corrected chi connectivity index (χ4v) is 5.39. The van der Waals surface area contributed by atoms with Crippen molar-refractivity contribution in [2.75, 3.05) is 27.3 Å². The van der Waals surface area contributed by atoms with Crippen molar-refractivity contribution in [1.29, 1.82) is 0 Å². The zero-order valence-corrected chi connectivity index (χ0v) is 22.8. The van der Waals surface area contributed by atoms with Crippen molar-refractivity contribution in [2.45, 2.75) is 52.7 Å². The summed E-state index contributed by atoms with van der Waals surface area (Å²) in [5.41, 5.74) is 4.32. The Labute approximate surface area is 223 Å². The Morgan fingerprint density at radius 3 is 2.50 bits per heavy atom. The van der Waals surface area contributed by atoms with Crippen LogP contribution in [0.25, 0.3) is 10.9 Å². The molecule has 0 bridgehead atoms. The van der Waals surface area contributed by atoms with Gasteiger partial charge in [0, 0.05) is 50.1 Å². The summed E-state index contributed by atoms with van der Waals surface area (Å²) < 4.78 is 18.5. The van der Waals surface area contributed by atoms with Gasteiger partial charge < -0.3 is 23.7 Å². The highest BCUT2D eigenvalue weighted by Gasteiger charge is 2.39. The number of esters is 2. The lowest BCUT2D eigenvalue weighted by Crippen LogP contribution is -2.30. The Kier molecular flexibility index (Phi) is 8.39. The molecule has 1 aromatic heterocycles. The number of hydrogen-bond acceptors (Lipinski definition) is 6. The molecule has 4 rings (SSSR count). The molecule has 0 N–H and O–H groups in total. The number of benzene rings is 2. The van der Waals surface area contributed by atoms with Gasteiger partial charge in [0.1, 0.15) is 11.9 Å². The molecule has 8 heteroatoms. The van der Waals surface area contributed by atoms with Crippen LogP contribution in [0.15, 0.2) is 42.6 Å². The third-order valence-corrected chi connectivity index (χ3v) is 7.25. The summed E-state index contributed by atoms with van der Waals surface area (Å²) >= 11 is 0. The molecule has 1 amide bonds. The van der Waals surface area contributed by atoms with Crippen molar-refractivity contribution in [3.8, 4) is 5.75 Å². The minimum absolute atomic E-state index is 0.0260. The average molecular weight is 521 g/mol. The van der Waals surface area contributed by atoms with Crippen LogP contribution in [0.1, 0.15) is 66.8 Å². The molecule has 1 aliphatic rings. The first-order chi connectivity index (χ1) is 18.3. The van der Waals surface area contributed by atoms with Crippen LogP contribution in [0.3, 0.4) is 0 Å². The Morgan fingerprint density at radius 1 is 1.08 bits per heavy atom. The standard InChI is InChI=1S/C30H36N2O6/c1-6-13-32-18-23(15-20-8-9-22(30(35)37-5)17-27(20)36-4)25-16-21(10-11-26(25)32)28(38-19(3)33)24-12-14-31(7-2)29(24)34/h8-11,16-18,24,28H,6-7,12-15H2,1-5H3. The normalized spacial score (nSPS) is 16.1. The van der Waals surface area contributed by atoms with Crippen molar-refractivity contribution < 1.29 is 28.6 Å². The quantitative estimate of drug-likeness (QED) is 0.353. The van der Waals surface area contributed by atoms with E-state index in [1.165, 1.54) is 14.0 Å². The number of ether oxygens (including phenoxy) is 3. The fourth-order valence-electron chi connectivity index (χ4n) is 5.39. The monoisotopic (exact) mass is 520 g/mol. The highest BCUT2D eigenvalue weighted by atomic mass is 16.5. The number of hydrogen-bond donors (Lipinski definition) is 0. The number of likely N-dealkylation sites (tertiary alicyclic amines) is 1. The molecule has 1 aliphatic heterocycles. The number of aromatic nitrogens is 1. The molecule has 2 unspecified atom stereocenters. The molecule has 0 radical (unpaired) electrons. The van der Waals surface area contributed by atoms with Crippen LogP contribution < -0.4 is 4.74 Å². The molecule has 2 aromatic carbocycles. The Bertz CT molecular complexity index is 1340. The summed E-state index contributed by atoms with van der Waals surface area (Å²) in [6.07, 6.45) is 3.70. The summed E-state index contributed by atoms with van der Waals surface area (Å²) in [6, 6.07) is 11.4. The van der Waals surface area contributed by atoms with Gasteiger partial charge in [-0.3, -0.25) is 9.59 Å². The first kappa shape index (κ1) is 27.2. The Hall–Kier alpha value is -3.81. The lowest BCUT2D eigenvalue weighted by atomic mass is 9.92. The second-order valence-corrected chi connectivity index (χ2v) is 9.66. The third kappa shape index (κ3) is 5.39. The predicted molar refractivity (Wildman–Crippen MR) is 144 cm³/mol. The van der Waals surface area contributed by atoms with E-state index >= 15 is 0 Å². The van der Waals surface area contributed by atoms with Gasteiger partial charge in [0.2, 0.25) is 5.91 Å². The number of carbonyl (C=O) groups is 3. The number of rotatable bonds is 10. The van der Waals surface area contributed by atoms with Crippen molar-refractivity contribution in [1.82, 2.24) is 9.47 Å². The maximum atomic E-state index is 13.0. The summed E-state index contributed by atoms with van der Waals surface area (Å²) in [4.78, 5) is 38.9. The van der Waals surface area contributed by atoms with E-state index in [1.807, 2.05) is 24.0 Å². The molecule has 0 aliphatic carbocycles. The maximum absolute atomic E-state index is 13.0. The van der Waals surface area contributed by atoms with Gasteiger partial charge in [-0.2, -0.15) is 0 Å². The lowest BCUT2D eigenvalue weighted by molar-refractivity contribution is -0.152. The van der Waals surface area contributed by atoms with Crippen molar-refractivity contribution in [2.24, 2.45) is 5.92 Å². The molecule has 202 valence electrons. The highest BCUT2D eigenvalue weighted by Crippen LogP contribution is 2.37. The summed E-state index contributed by atoms with van der Waals surface area (Å²) in [5, 5.41) is 1.03. The molecular weight excluding hydrogens is 484 g/mol.